The van der Waals surface area contributed by atoms with E-state index in [4.69, 9.17) is 4.74 Å². The maximum atomic E-state index is 12.4. The zero-order valence-corrected chi connectivity index (χ0v) is 12.7. The van der Waals surface area contributed by atoms with Gasteiger partial charge in [-0.2, -0.15) is 0 Å². The smallest absolute Gasteiger partial charge is 0.145 e. The molecule has 2 aromatic carbocycles. The molecule has 1 unspecified atom stereocenters. The van der Waals surface area contributed by atoms with Crippen LogP contribution in [0.15, 0.2) is 60.7 Å². The van der Waals surface area contributed by atoms with E-state index in [9.17, 15) is 4.79 Å². The van der Waals surface area contributed by atoms with Gasteiger partial charge < -0.3 is 4.74 Å². The van der Waals surface area contributed by atoms with Crippen LogP contribution in [0.5, 0.6) is 0 Å². The SMILES string of the molecule is CCC(=O)C(C)(COCc1ccccc1)c1ccccc1. The second-order valence-corrected chi connectivity index (χ2v) is 5.45. The number of ketones is 1. The van der Waals surface area contributed by atoms with Gasteiger partial charge in [0.2, 0.25) is 0 Å². The minimum Gasteiger partial charge on any atom is -0.375 e. The van der Waals surface area contributed by atoms with Crippen molar-refractivity contribution < 1.29 is 9.53 Å². The van der Waals surface area contributed by atoms with E-state index in [0.717, 1.165) is 11.1 Å². The van der Waals surface area contributed by atoms with E-state index in [1.54, 1.807) is 0 Å². The molecule has 2 aromatic rings. The van der Waals surface area contributed by atoms with Crippen LogP contribution >= 0.6 is 0 Å². The molecule has 2 nitrogen and oxygen atoms in total. The third-order valence-corrected chi connectivity index (χ3v) is 3.85. The Hall–Kier alpha value is -1.93. The van der Waals surface area contributed by atoms with Crippen molar-refractivity contribution in [3.8, 4) is 0 Å². The molecule has 0 N–H and O–H groups in total. The van der Waals surface area contributed by atoms with Crippen LogP contribution in [-0.4, -0.2) is 12.4 Å². The van der Waals surface area contributed by atoms with Crippen molar-refractivity contribution in [3.63, 3.8) is 0 Å². The Labute approximate surface area is 126 Å². The van der Waals surface area contributed by atoms with Gasteiger partial charge in [0.1, 0.15) is 5.78 Å². The van der Waals surface area contributed by atoms with Gasteiger partial charge in [-0.15, -0.1) is 0 Å². The van der Waals surface area contributed by atoms with Crippen LogP contribution in [0.1, 0.15) is 31.4 Å². The normalized spacial score (nSPS) is 13.6. The Balaban J connectivity index is 2.09. The zero-order chi connectivity index (χ0) is 15.1. The van der Waals surface area contributed by atoms with Gasteiger partial charge in [-0.3, -0.25) is 4.79 Å². The molecule has 1 atom stereocenters. The number of carbonyl (C=O) groups is 1. The average molecular weight is 282 g/mol. The Morgan fingerprint density at radius 1 is 1.00 bits per heavy atom. The summed E-state index contributed by atoms with van der Waals surface area (Å²) in [7, 11) is 0. The number of carbonyl (C=O) groups excluding carboxylic acids is 1. The Kier molecular flexibility index (Phi) is 5.29. The van der Waals surface area contributed by atoms with E-state index in [1.807, 2.05) is 74.5 Å². The highest BCUT2D eigenvalue weighted by atomic mass is 16.5. The highest BCUT2D eigenvalue weighted by molar-refractivity contribution is 5.89. The number of benzene rings is 2. The Morgan fingerprint density at radius 2 is 1.57 bits per heavy atom. The summed E-state index contributed by atoms with van der Waals surface area (Å²) in [5.41, 5.74) is 1.56. The van der Waals surface area contributed by atoms with Gasteiger partial charge in [-0.1, -0.05) is 67.6 Å². The topological polar surface area (TPSA) is 26.3 Å². The molecular formula is C19H22O2. The van der Waals surface area contributed by atoms with Crippen LogP contribution in [0, 0.1) is 0 Å². The lowest BCUT2D eigenvalue weighted by Crippen LogP contribution is -2.37. The molecule has 0 amide bonds. The second kappa shape index (κ2) is 7.19. The summed E-state index contributed by atoms with van der Waals surface area (Å²) in [6.45, 7) is 4.80. The van der Waals surface area contributed by atoms with E-state index in [2.05, 4.69) is 0 Å². The van der Waals surface area contributed by atoms with E-state index in [-0.39, 0.29) is 5.78 Å². The summed E-state index contributed by atoms with van der Waals surface area (Å²) in [5.74, 6) is 0.210. The van der Waals surface area contributed by atoms with Crippen LogP contribution in [0.25, 0.3) is 0 Å². The molecule has 21 heavy (non-hydrogen) atoms. The minimum atomic E-state index is -0.579. The highest BCUT2D eigenvalue weighted by Gasteiger charge is 2.33. The summed E-state index contributed by atoms with van der Waals surface area (Å²) >= 11 is 0. The fourth-order valence-corrected chi connectivity index (χ4v) is 2.47. The maximum Gasteiger partial charge on any atom is 0.145 e. The number of Topliss-reactive ketones (excluding diaryl/α,β-unsaturated/α-hetero) is 1. The van der Waals surface area contributed by atoms with E-state index >= 15 is 0 Å². The van der Waals surface area contributed by atoms with Crippen LogP contribution in [0.3, 0.4) is 0 Å². The summed E-state index contributed by atoms with van der Waals surface area (Å²) in [4.78, 5) is 12.4. The molecule has 2 rings (SSSR count). The van der Waals surface area contributed by atoms with E-state index in [0.29, 0.717) is 19.6 Å². The quantitative estimate of drug-likeness (QED) is 0.763. The molecule has 0 aliphatic carbocycles. The standard InChI is InChI=1S/C19H22O2/c1-3-18(20)19(2,17-12-8-5-9-13-17)15-21-14-16-10-6-4-7-11-16/h4-13H,3,14-15H2,1-2H3. The number of hydrogen-bond acceptors (Lipinski definition) is 2. The highest BCUT2D eigenvalue weighted by Crippen LogP contribution is 2.27. The van der Waals surface area contributed by atoms with Crippen molar-refractivity contribution in [2.45, 2.75) is 32.3 Å². The molecule has 110 valence electrons. The van der Waals surface area contributed by atoms with Gasteiger partial charge in [0.05, 0.1) is 18.6 Å². The summed E-state index contributed by atoms with van der Waals surface area (Å²) in [6.07, 6.45) is 0.514. The Morgan fingerprint density at radius 3 is 2.14 bits per heavy atom. The minimum absolute atomic E-state index is 0.210. The molecule has 0 aromatic heterocycles. The predicted octanol–water partition coefficient (Wildman–Crippen LogP) is 4.14. The lowest BCUT2D eigenvalue weighted by Gasteiger charge is -2.28. The maximum absolute atomic E-state index is 12.4. The monoisotopic (exact) mass is 282 g/mol. The van der Waals surface area contributed by atoms with Crippen LogP contribution in [0.4, 0.5) is 0 Å². The Bertz CT molecular complexity index is 563. The third kappa shape index (κ3) is 3.79. The van der Waals surface area contributed by atoms with Crippen molar-refractivity contribution in [2.75, 3.05) is 6.61 Å². The molecule has 0 saturated heterocycles. The molecule has 0 spiro atoms. The third-order valence-electron chi connectivity index (χ3n) is 3.85. The van der Waals surface area contributed by atoms with Gasteiger partial charge in [-0.25, -0.2) is 0 Å². The van der Waals surface area contributed by atoms with Gasteiger partial charge in [0.25, 0.3) is 0 Å². The molecular weight excluding hydrogens is 260 g/mol. The van der Waals surface area contributed by atoms with Gasteiger partial charge >= 0.3 is 0 Å². The first-order chi connectivity index (χ1) is 10.2. The predicted molar refractivity (Wildman–Crippen MR) is 85.2 cm³/mol. The lowest BCUT2D eigenvalue weighted by molar-refractivity contribution is -0.126. The van der Waals surface area contributed by atoms with Crippen LogP contribution < -0.4 is 0 Å². The van der Waals surface area contributed by atoms with Gasteiger partial charge in [0, 0.05) is 6.42 Å². The first-order valence-electron chi connectivity index (χ1n) is 7.37. The summed E-state index contributed by atoms with van der Waals surface area (Å²) in [6, 6.07) is 19.9. The van der Waals surface area contributed by atoms with E-state index < -0.39 is 5.41 Å². The number of hydrogen-bond donors (Lipinski definition) is 0. The molecule has 2 heteroatoms. The average Bonchev–Trinajstić information content (AvgIpc) is 2.55. The van der Waals surface area contributed by atoms with Crippen molar-refractivity contribution in [2.24, 2.45) is 0 Å². The van der Waals surface area contributed by atoms with Gasteiger partial charge in [0.15, 0.2) is 0 Å². The fourth-order valence-electron chi connectivity index (χ4n) is 2.47. The van der Waals surface area contributed by atoms with Crippen LogP contribution in [-0.2, 0) is 21.6 Å². The van der Waals surface area contributed by atoms with Crippen LogP contribution in [0.2, 0.25) is 0 Å². The van der Waals surface area contributed by atoms with Crippen molar-refractivity contribution in [3.05, 3.63) is 71.8 Å². The van der Waals surface area contributed by atoms with Crippen molar-refractivity contribution in [1.82, 2.24) is 0 Å². The zero-order valence-electron chi connectivity index (χ0n) is 12.7. The van der Waals surface area contributed by atoms with Gasteiger partial charge in [-0.05, 0) is 18.1 Å². The number of ether oxygens (including phenoxy) is 1. The summed E-state index contributed by atoms with van der Waals surface area (Å²) in [5, 5.41) is 0. The van der Waals surface area contributed by atoms with E-state index in [1.165, 1.54) is 0 Å². The molecule has 0 saturated carbocycles. The number of rotatable bonds is 7. The molecule has 0 aliphatic rings. The lowest BCUT2D eigenvalue weighted by atomic mass is 9.78. The molecule has 0 heterocycles. The largest absolute Gasteiger partial charge is 0.375 e. The fraction of sp³-hybridized carbons (Fsp3) is 0.316. The van der Waals surface area contributed by atoms with Crippen molar-refractivity contribution in [1.29, 1.82) is 0 Å². The van der Waals surface area contributed by atoms with Crippen molar-refractivity contribution >= 4 is 5.78 Å². The summed E-state index contributed by atoms with van der Waals surface area (Å²) < 4.78 is 5.84. The first-order valence-corrected chi connectivity index (χ1v) is 7.37. The second-order valence-electron chi connectivity index (χ2n) is 5.45. The first kappa shape index (κ1) is 15.5. The molecule has 0 fully saturated rings. The molecule has 0 radical (unpaired) electrons. The molecule has 0 bridgehead atoms. The molecule has 0 aliphatic heterocycles.